The highest BCUT2D eigenvalue weighted by atomic mass is 16.1. The van der Waals surface area contributed by atoms with E-state index in [0.29, 0.717) is 12.8 Å². The lowest BCUT2D eigenvalue weighted by molar-refractivity contribution is -0.121. The van der Waals surface area contributed by atoms with Gasteiger partial charge in [0.05, 0.1) is 0 Å². The molecule has 2 unspecified atom stereocenters. The van der Waals surface area contributed by atoms with Crippen molar-refractivity contribution in [2.45, 2.75) is 24.7 Å². The minimum absolute atomic E-state index is 0.149. The van der Waals surface area contributed by atoms with Crippen LogP contribution in [-0.2, 0) is 4.79 Å². The summed E-state index contributed by atoms with van der Waals surface area (Å²) in [5, 5.41) is 0. The maximum absolute atomic E-state index is 13.1. The number of hydrogen-bond donors (Lipinski definition) is 0. The van der Waals surface area contributed by atoms with E-state index in [1.807, 2.05) is 72.8 Å². The number of benzene rings is 2. The van der Waals surface area contributed by atoms with Crippen molar-refractivity contribution in [3.8, 4) is 0 Å². The van der Waals surface area contributed by atoms with Gasteiger partial charge in [-0.05, 0) is 24.0 Å². The van der Waals surface area contributed by atoms with Gasteiger partial charge in [0.25, 0.3) is 0 Å². The van der Waals surface area contributed by atoms with Crippen LogP contribution in [0, 0.1) is 0 Å². The lowest BCUT2D eigenvalue weighted by Gasteiger charge is -2.21. The van der Waals surface area contributed by atoms with Gasteiger partial charge in [-0.2, -0.15) is 0 Å². The largest absolute Gasteiger partial charge is 0.298 e. The Morgan fingerprint density at radius 3 is 1.45 bits per heavy atom. The van der Waals surface area contributed by atoms with Crippen molar-refractivity contribution in [1.82, 2.24) is 0 Å². The maximum Gasteiger partial charge on any atom is 0.148 e. The number of rotatable bonds is 8. The van der Waals surface area contributed by atoms with E-state index in [1.54, 1.807) is 0 Å². The summed E-state index contributed by atoms with van der Waals surface area (Å²) in [5.74, 6) is -0.0649. The van der Waals surface area contributed by atoms with Crippen LogP contribution in [0.1, 0.15) is 35.8 Å². The Labute approximate surface area is 133 Å². The fourth-order valence-corrected chi connectivity index (χ4v) is 2.78. The summed E-state index contributed by atoms with van der Waals surface area (Å²) in [6, 6.07) is 19.9. The highest BCUT2D eigenvalue weighted by molar-refractivity contribution is 5.92. The molecule has 0 saturated carbocycles. The third kappa shape index (κ3) is 3.82. The van der Waals surface area contributed by atoms with Crippen LogP contribution in [0.5, 0.6) is 0 Å². The second kappa shape index (κ2) is 8.14. The molecule has 0 aliphatic rings. The highest BCUT2D eigenvalue weighted by Crippen LogP contribution is 2.31. The first-order chi connectivity index (χ1) is 10.8. The van der Waals surface area contributed by atoms with Gasteiger partial charge in [-0.25, -0.2) is 0 Å². The van der Waals surface area contributed by atoms with Gasteiger partial charge >= 0.3 is 0 Å². The Hall–Kier alpha value is -2.41. The molecular weight excluding hydrogens is 268 g/mol. The molecule has 0 aliphatic heterocycles. The summed E-state index contributed by atoms with van der Waals surface area (Å²) < 4.78 is 0. The van der Waals surface area contributed by atoms with E-state index in [2.05, 4.69) is 13.2 Å². The molecule has 2 rings (SSSR count). The van der Waals surface area contributed by atoms with E-state index >= 15 is 0 Å². The number of carbonyl (C=O) groups is 1. The summed E-state index contributed by atoms with van der Waals surface area (Å²) in [5.41, 5.74) is 2.11. The molecule has 0 radical (unpaired) electrons. The average molecular weight is 290 g/mol. The highest BCUT2D eigenvalue weighted by Gasteiger charge is 2.27. The van der Waals surface area contributed by atoms with Crippen LogP contribution in [0.15, 0.2) is 86.0 Å². The quantitative estimate of drug-likeness (QED) is 0.605. The van der Waals surface area contributed by atoms with Crippen LogP contribution >= 0.6 is 0 Å². The molecule has 0 saturated heterocycles. The third-order valence-electron chi connectivity index (χ3n) is 3.90. The molecule has 0 heterocycles. The first kappa shape index (κ1) is 16.0. The summed E-state index contributed by atoms with van der Waals surface area (Å²) in [4.78, 5) is 13.1. The summed E-state index contributed by atoms with van der Waals surface area (Å²) in [7, 11) is 0. The van der Waals surface area contributed by atoms with Crippen molar-refractivity contribution < 1.29 is 4.79 Å². The predicted molar refractivity (Wildman–Crippen MR) is 93.0 cm³/mol. The molecule has 0 fully saturated rings. The molecule has 112 valence electrons. The van der Waals surface area contributed by atoms with Gasteiger partial charge in [0.1, 0.15) is 5.78 Å². The minimum Gasteiger partial charge on any atom is -0.298 e. The minimum atomic E-state index is -0.149. The van der Waals surface area contributed by atoms with Crippen molar-refractivity contribution in [2.24, 2.45) is 0 Å². The van der Waals surface area contributed by atoms with Gasteiger partial charge in [-0.1, -0.05) is 72.8 Å². The Morgan fingerprint density at radius 1 is 0.773 bits per heavy atom. The average Bonchev–Trinajstić information content (AvgIpc) is 2.58. The predicted octanol–water partition coefficient (Wildman–Crippen LogP) is 5.28. The van der Waals surface area contributed by atoms with Gasteiger partial charge in [0, 0.05) is 11.8 Å². The first-order valence-corrected chi connectivity index (χ1v) is 7.63. The SMILES string of the molecule is C=CCC(C(=O)C(CC=C)c1ccccc1)c1ccccc1. The lowest BCUT2D eigenvalue weighted by Crippen LogP contribution is -2.20. The fourth-order valence-electron chi connectivity index (χ4n) is 2.78. The number of allylic oxidation sites excluding steroid dienone is 2. The Balaban J connectivity index is 2.34. The molecule has 0 bridgehead atoms. The van der Waals surface area contributed by atoms with Gasteiger partial charge < -0.3 is 0 Å². The standard InChI is InChI=1S/C21H22O/c1-3-11-19(17-13-7-5-8-14-17)21(22)20(12-4-2)18-15-9-6-10-16-18/h3-10,13-16,19-20H,1-2,11-12H2. The van der Waals surface area contributed by atoms with Gasteiger partial charge in [0.15, 0.2) is 0 Å². The van der Waals surface area contributed by atoms with E-state index in [4.69, 9.17) is 0 Å². The van der Waals surface area contributed by atoms with Gasteiger partial charge in [-0.3, -0.25) is 4.79 Å². The molecule has 22 heavy (non-hydrogen) atoms. The second-order valence-corrected chi connectivity index (χ2v) is 5.38. The van der Waals surface area contributed by atoms with E-state index in [1.165, 1.54) is 0 Å². The zero-order valence-electron chi connectivity index (χ0n) is 12.8. The normalized spacial score (nSPS) is 13.1. The Bertz CT molecular complexity index is 557. The molecule has 2 atom stereocenters. The number of ketones is 1. The van der Waals surface area contributed by atoms with E-state index in [-0.39, 0.29) is 17.6 Å². The molecule has 1 heteroatoms. The monoisotopic (exact) mass is 290 g/mol. The Morgan fingerprint density at radius 2 is 1.14 bits per heavy atom. The van der Waals surface area contributed by atoms with Gasteiger partial charge in [-0.15, -0.1) is 13.2 Å². The van der Waals surface area contributed by atoms with Crippen molar-refractivity contribution in [2.75, 3.05) is 0 Å². The molecule has 1 nitrogen and oxygen atoms in total. The van der Waals surface area contributed by atoms with Crippen LogP contribution in [0.4, 0.5) is 0 Å². The lowest BCUT2D eigenvalue weighted by atomic mass is 9.80. The van der Waals surface area contributed by atoms with Crippen LogP contribution in [-0.4, -0.2) is 5.78 Å². The second-order valence-electron chi connectivity index (χ2n) is 5.38. The molecular formula is C21H22O. The first-order valence-electron chi connectivity index (χ1n) is 7.63. The van der Waals surface area contributed by atoms with Crippen LogP contribution in [0.2, 0.25) is 0 Å². The fraction of sp³-hybridized carbons (Fsp3) is 0.190. The van der Waals surface area contributed by atoms with Crippen LogP contribution < -0.4 is 0 Å². The summed E-state index contributed by atoms with van der Waals surface area (Å²) in [6.07, 6.45) is 4.96. The maximum atomic E-state index is 13.1. The molecule has 0 aliphatic carbocycles. The number of hydrogen-bond acceptors (Lipinski definition) is 1. The zero-order chi connectivity index (χ0) is 15.8. The summed E-state index contributed by atoms with van der Waals surface area (Å²) in [6.45, 7) is 7.63. The van der Waals surface area contributed by atoms with E-state index in [9.17, 15) is 4.79 Å². The van der Waals surface area contributed by atoms with Crippen molar-refractivity contribution >= 4 is 5.78 Å². The molecule has 0 amide bonds. The summed E-state index contributed by atoms with van der Waals surface area (Å²) >= 11 is 0. The van der Waals surface area contributed by atoms with Crippen molar-refractivity contribution in [3.63, 3.8) is 0 Å². The van der Waals surface area contributed by atoms with Crippen LogP contribution in [0.3, 0.4) is 0 Å². The third-order valence-corrected chi connectivity index (χ3v) is 3.90. The van der Waals surface area contributed by atoms with Gasteiger partial charge in [0.2, 0.25) is 0 Å². The molecule has 2 aromatic carbocycles. The topological polar surface area (TPSA) is 17.1 Å². The number of carbonyl (C=O) groups excluding carboxylic acids is 1. The molecule has 2 aromatic rings. The van der Waals surface area contributed by atoms with Crippen molar-refractivity contribution in [3.05, 3.63) is 97.1 Å². The molecule has 0 spiro atoms. The molecule has 0 N–H and O–H groups in total. The molecule has 0 aromatic heterocycles. The van der Waals surface area contributed by atoms with E-state index < -0.39 is 0 Å². The Kier molecular flexibility index (Phi) is 5.91. The van der Waals surface area contributed by atoms with E-state index in [0.717, 1.165) is 11.1 Å². The zero-order valence-corrected chi connectivity index (χ0v) is 12.8. The van der Waals surface area contributed by atoms with Crippen LogP contribution in [0.25, 0.3) is 0 Å². The number of Topliss-reactive ketones (excluding diaryl/α,β-unsaturated/α-hetero) is 1. The smallest absolute Gasteiger partial charge is 0.148 e. The van der Waals surface area contributed by atoms with Crippen molar-refractivity contribution in [1.29, 1.82) is 0 Å².